The number of thioether (sulfide) groups is 1. The first kappa shape index (κ1) is 24.3. The zero-order valence-electron chi connectivity index (χ0n) is 17.5. The molecule has 0 fully saturated rings. The second-order valence-corrected chi connectivity index (χ2v) is 8.34. The highest BCUT2D eigenvalue weighted by Crippen LogP contribution is 2.20. The van der Waals surface area contributed by atoms with Crippen molar-refractivity contribution in [3.63, 3.8) is 0 Å². The van der Waals surface area contributed by atoms with Crippen LogP contribution < -0.4 is 16.4 Å². The van der Waals surface area contributed by atoms with Crippen LogP contribution in [0, 0.1) is 0 Å². The molecule has 9 nitrogen and oxygen atoms in total. The van der Waals surface area contributed by atoms with Gasteiger partial charge >= 0.3 is 0 Å². The van der Waals surface area contributed by atoms with Gasteiger partial charge in [-0.1, -0.05) is 35.5 Å². The number of aromatic nitrogens is 2. The van der Waals surface area contributed by atoms with Crippen LogP contribution >= 0.6 is 23.4 Å². The van der Waals surface area contributed by atoms with E-state index in [9.17, 15) is 19.5 Å². The SMILES string of the molecule is NC(=O)c1ccc(NC(=O)CSc2ncc(CO)n2CC(=O)NCc2ccc(Cl)cc2)cc1. The van der Waals surface area contributed by atoms with Gasteiger partial charge in [0.25, 0.3) is 0 Å². The number of primary amides is 1. The molecule has 0 unspecified atom stereocenters. The Morgan fingerprint density at radius 2 is 1.76 bits per heavy atom. The number of anilines is 1. The fourth-order valence-electron chi connectivity index (χ4n) is 2.85. The van der Waals surface area contributed by atoms with E-state index in [2.05, 4.69) is 15.6 Å². The van der Waals surface area contributed by atoms with Gasteiger partial charge in [0, 0.05) is 22.8 Å². The number of nitrogens with one attached hydrogen (secondary N) is 2. The molecular weight excluding hydrogens is 466 g/mol. The number of aliphatic hydroxyl groups is 1. The second-order valence-electron chi connectivity index (χ2n) is 6.96. The van der Waals surface area contributed by atoms with E-state index >= 15 is 0 Å². The number of aliphatic hydroxyl groups excluding tert-OH is 1. The van der Waals surface area contributed by atoms with Crippen molar-refractivity contribution in [1.82, 2.24) is 14.9 Å². The molecule has 3 aromatic rings. The number of amides is 3. The van der Waals surface area contributed by atoms with Crippen LogP contribution in [0.3, 0.4) is 0 Å². The van der Waals surface area contributed by atoms with E-state index in [1.54, 1.807) is 28.8 Å². The molecule has 2 aromatic carbocycles. The second kappa shape index (κ2) is 11.5. The van der Waals surface area contributed by atoms with Crippen molar-refractivity contribution < 1.29 is 19.5 Å². The van der Waals surface area contributed by atoms with Gasteiger partial charge < -0.3 is 26.0 Å². The Hall–Kier alpha value is -3.34. The number of rotatable bonds is 10. The Balaban J connectivity index is 1.55. The number of hydrogen-bond acceptors (Lipinski definition) is 6. The maximum atomic E-state index is 12.4. The van der Waals surface area contributed by atoms with Gasteiger partial charge in [0.15, 0.2) is 5.16 Å². The largest absolute Gasteiger partial charge is 0.390 e. The lowest BCUT2D eigenvalue weighted by Gasteiger charge is -2.11. The van der Waals surface area contributed by atoms with E-state index in [-0.39, 0.29) is 30.7 Å². The Morgan fingerprint density at radius 3 is 2.39 bits per heavy atom. The minimum Gasteiger partial charge on any atom is -0.390 e. The van der Waals surface area contributed by atoms with E-state index in [0.717, 1.165) is 17.3 Å². The molecule has 0 radical (unpaired) electrons. The average molecular weight is 488 g/mol. The highest BCUT2D eigenvalue weighted by Gasteiger charge is 2.15. The zero-order chi connectivity index (χ0) is 23.8. The summed E-state index contributed by atoms with van der Waals surface area (Å²) in [5.74, 6) is -1.07. The summed E-state index contributed by atoms with van der Waals surface area (Å²) in [4.78, 5) is 40.1. The maximum Gasteiger partial charge on any atom is 0.248 e. The fourth-order valence-corrected chi connectivity index (χ4v) is 3.77. The molecule has 33 heavy (non-hydrogen) atoms. The predicted molar refractivity (Wildman–Crippen MR) is 126 cm³/mol. The summed E-state index contributed by atoms with van der Waals surface area (Å²) in [6.07, 6.45) is 1.47. The van der Waals surface area contributed by atoms with E-state index in [4.69, 9.17) is 17.3 Å². The van der Waals surface area contributed by atoms with E-state index in [0.29, 0.717) is 33.7 Å². The van der Waals surface area contributed by atoms with Crippen molar-refractivity contribution in [2.75, 3.05) is 11.1 Å². The van der Waals surface area contributed by atoms with E-state index in [1.807, 2.05) is 12.1 Å². The predicted octanol–water partition coefficient (Wildman–Crippen LogP) is 2.17. The molecule has 172 valence electrons. The third-order valence-corrected chi connectivity index (χ3v) is 5.80. The first-order chi connectivity index (χ1) is 15.9. The van der Waals surface area contributed by atoms with Crippen LogP contribution in [0.2, 0.25) is 5.02 Å². The van der Waals surface area contributed by atoms with Crippen molar-refractivity contribution in [3.8, 4) is 0 Å². The third kappa shape index (κ3) is 7.07. The Bertz CT molecular complexity index is 1130. The maximum absolute atomic E-state index is 12.4. The third-order valence-electron chi connectivity index (χ3n) is 4.55. The number of benzene rings is 2. The summed E-state index contributed by atoms with van der Waals surface area (Å²) >= 11 is 7.00. The lowest BCUT2D eigenvalue weighted by molar-refractivity contribution is -0.122. The normalized spacial score (nSPS) is 10.6. The lowest BCUT2D eigenvalue weighted by Crippen LogP contribution is -2.28. The Morgan fingerprint density at radius 1 is 1.06 bits per heavy atom. The van der Waals surface area contributed by atoms with Crippen LogP contribution in [0.15, 0.2) is 59.9 Å². The molecule has 0 spiro atoms. The number of carbonyl (C=O) groups excluding carboxylic acids is 3. The number of carbonyl (C=O) groups is 3. The van der Waals surface area contributed by atoms with Crippen LogP contribution in [-0.2, 0) is 29.3 Å². The minimum atomic E-state index is -0.549. The highest BCUT2D eigenvalue weighted by molar-refractivity contribution is 7.99. The van der Waals surface area contributed by atoms with Crippen molar-refractivity contribution in [2.24, 2.45) is 5.73 Å². The topological polar surface area (TPSA) is 139 Å². The van der Waals surface area contributed by atoms with Crippen molar-refractivity contribution in [3.05, 3.63) is 76.6 Å². The monoisotopic (exact) mass is 487 g/mol. The lowest BCUT2D eigenvalue weighted by atomic mass is 10.2. The molecule has 5 N–H and O–H groups in total. The summed E-state index contributed by atoms with van der Waals surface area (Å²) in [5.41, 5.74) is 7.42. The van der Waals surface area contributed by atoms with Crippen LogP contribution in [0.1, 0.15) is 21.6 Å². The van der Waals surface area contributed by atoms with Crippen LogP contribution in [0.25, 0.3) is 0 Å². The van der Waals surface area contributed by atoms with Crippen molar-refractivity contribution in [1.29, 1.82) is 0 Å². The molecule has 0 bridgehead atoms. The Labute approximate surface area is 199 Å². The van der Waals surface area contributed by atoms with Crippen molar-refractivity contribution >= 4 is 46.8 Å². The standard InChI is InChI=1S/C22H22ClN5O4S/c23-16-5-1-14(2-6-16)9-25-19(30)11-28-18(12-29)10-26-22(28)33-13-20(31)27-17-7-3-15(4-8-17)21(24)32/h1-8,10,29H,9,11-13H2,(H2,24,32)(H,25,30)(H,27,31). The van der Waals surface area contributed by atoms with Gasteiger partial charge in [0.2, 0.25) is 17.7 Å². The van der Waals surface area contributed by atoms with Crippen LogP contribution in [0.5, 0.6) is 0 Å². The van der Waals surface area contributed by atoms with E-state index in [1.165, 1.54) is 18.3 Å². The quantitative estimate of drug-likeness (QED) is 0.323. The number of nitrogens with two attached hydrogens (primary N) is 1. The summed E-state index contributed by atoms with van der Waals surface area (Å²) in [6.45, 7) is -0.0168. The molecule has 0 saturated carbocycles. The molecule has 1 aromatic heterocycles. The smallest absolute Gasteiger partial charge is 0.248 e. The molecule has 0 saturated heterocycles. The molecule has 0 atom stereocenters. The zero-order valence-corrected chi connectivity index (χ0v) is 19.0. The Kier molecular flexibility index (Phi) is 8.47. The van der Waals surface area contributed by atoms with Crippen molar-refractivity contribution in [2.45, 2.75) is 24.9 Å². The van der Waals surface area contributed by atoms with E-state index < -0.39 is 5.91 Å². The van der Waals surface area contributed by atoms with Gasteiger partial charge in [-0.25, -0.2) is 4.98 Å². The fraction of sp³-hybridized carbons (Fsp3) is 0.182. The minimum absolute atomic E-state index is 0.0336. The summed E-state index contributed by atoms with van der Waals surface area (Å²) < 4.78 is 1.57. The van der Waals surface area contributed by atoms with Gasteiger partial charge in [0.1, 0.15) is 6.54 Å². The molecule has 0 aliphatic heterocycles. The molecule has 3 rings (SSSR count). The number of nitrogens with zero attached hydrogens (tertiary/aromatic N) is 2. The van der Waals surface area contributed by atoms with Gasteiger partial charge in [0.05, 0.1) is 24.3 Å². The van der Waals surface area contributed by atoms with Crippen LogP contribution in [-0.4, -0.2) is 38.1 Å². The molecule has 3 amide bonds. The molecule has 0 aliphatic carbocycles. The molecular formula is C22H22ClN5O4S. The average Bonchev–Trinajstić information content (AvgIpc) is 3.19. The molecule has 0 aliphatic rings. The molecule has 1 heterocycles. The summed E-state index contributed by atoms with van der Waals surface area (Å²) in [7, 11) is 0. The summed E-state index contributed by atoms with van der Waals surface area (Å²) in [6, 6.07) is 13.3. The first-order valence-corrected chi connectivity index (χ1v) is 11.2. The van der Waals surface area contributed by atoms with Gasteiger partial charge in [-0.3, -0.25) is 14.4 Å². The number of imidazole rings is 1. The summed E-state index contributed by atoms with van der Waals surface area (Å²) in [5, 5.41) is 16.2. The highest BCUT2D eigenvalue weighted by atomic mass is 35.5. The van der Waals surface area contributed by atoms with Gasteiger partial charge in [-0.15, -0.1) is 0 Å². The van der Waals surface area contributed by atoms with Crippen LogP contribution in [0.4, 0.5) is 5.69 Å². The first-order valence-electron chi connectivity index (χ1n) is 9.84. The van der Waals surface area contributed by atoms with Gasteiger partial charge in [-0.2, -0.15) is 0 Å². The number of halogens is 1. The van der Waals surface area contributed by atoms with Gasteiger partial charge in [-0.05, 0) is 42.0 Å². The number of hydrogen-bond donors (Lipinski definition) is 4. The molecule has 11 heteroatoms.